The first kappa shape index (κ1) is 13.3. The van der Waals surface area contributed by atoms with Crippen molar-refractivity contribution in [2.75, 3.05) is 25.6 Å². The van der Waals surface area contributed by atoms with Gasteiger partial charge in [-0.25, -0.2) is 14.5 Å². The van der Waals surface area contributed by atoms with Crippen LogP contribution in [-0.4, -0.2) is 45.0 Å². The Morgan fingerprint density at radius 2 is 2.19 bits per heavy atom. The molecule has 0 bridgehead atoms. The number of pyridine rings is 1. The number of hydrogen-bond donors (Lipinski definition) is 2. The van der Waals surface area contributed by atoms with Gasteiger partial charge < -0.3 is 15.2 Å². The molecule has 3 aromatic rings. The van der Waals surface area contributed by atoms with E-state index in [0.29, 0.717) is 18.2 Å². The van der Waals surface area contributed by atoms with Crippen molar-refractivity contribution in [3.63, 3.8) is 0 Å². The lowest BCUT2D eigenvalue weighted by molar-refractivity contribution is 0.311. The summed E-state index contributed by atoms with van der Waals surface area (Å²) in [6.07, 6.45) is 5.30. The molecule has 2 N–H and O–H groups in total. The van der Waals surface area contributed by atoms with Crippen LogP contribution in [0.15, 0.2) is 36.8 Å². The molecule has 0 amide bonds. The van der Waals surface area contributed by atoms with E-state index in [1.807, 2.05) is 18.3 Å². The molecule has 0 atom stereocenters. The SMILES string of the molecule is COc1ccc(-c2cnn3ccc(NCCO)nc23)cn1. The van der Waals surface area contributed by atoms with Crippen LogP contribution in [0.5, 0.6) is 5.88 Å². The van der Waals surface area contributed by atoms with Crippen LogP contribution in [-0.2, 0) is 0 Å². The molecule has 0 aromatic carbocycles. The van der Waals surface area contributed by atoms with Crippen molar-refractivity contribution in [2.45, 2.75) is 0 Å². The van der Waals surface area contributed by atoms with Gasteiger partial charge >= 0.3 is 0 Å². The van der Waals surface area contributed by atoms with E-state index in [4.69, 9.17) is 9.84 Å². The number of methoxy groups -OCH3 is 1. The molecule has 0 aliphatic rings. The van der Waals surface area contributed by atoms with E-state index >= 15 is 0 Å². The lowest BCUT2D eigenvalue weighted by atomic mass is 10.1. The van der Waals surface area contributed by atoms with Gasteiger partial charge in [0.15, 0.2) is 5.65 Å². The fourth-order valence-corrected chi connectivity index (χ4v) is 2.02. The quantitative estimate of drug-likeness (QED) is 0.733. The number of nitrogens with zero attached hydrogens (tertiary/aromatic N) is 4. The summed E-state index contributed by atoms with van der Waals surface area (Å²) >= 11 is 0. The van der Waals surface area contributed by atoms with Crippen LogP contribution in [0, 0.1) is 0 Å². The third-order valence-electron chi connectivity index (χ3n) is 3.04. The van der Waals surface area contributed by atoms with Crippen molar-refractivity contribution in [3.05, 3.63) is 36.8 Å². The summed E-state index contributed by atoms with van der Waals surface area (Å²) in [6.45, 7) is 0.512. The molecule has 7 heteroatoms. The maximum absolute atomic E-state index is 8.85. The maximum Gasteiger partial charge on any atom is 0.212 e. The van der Waals surface area contributed by atoms with Gasteiger partial charge in [-0.15, -0.1) is 0 Å². The lowest BCUT2D eigenvalue weighted by Crippen LogP contribution is -2.07. The Morgan fingerprint density at radius 1 is 1.29 bits per heavy atom. The third-order valence-corrected chi connectivity index (χ3v) is 3.04. The summed E-state index contributed by atoms with van der Waals surface area (Å²) < 4.78 is 6.75. The van der Waals surface area contributed by atoms with Crippen molar-refractivity contribution in [1.82, 2.24) is 19.6 Å². The number of rotatable bonds is 5. The molecule has 3 rings (SSSR count). The number of fused-ring (bicyclic) bond motifs is 1. The number of nitrogens with one attached hydrogen (secondary N) is 1. The Hall–Kier alpha value is -2.67. The molecule has 0 saturated carbocycles. The highest BCUT2D eigenvalue weighted by Crippen LogP contribution is 2.24. The van der Waals surface area contributed by atoms with E-state index in [9.17, 15) is 0 Å². The van der Waals surface area contributed by atoms with Gasteiger partial charge in [0.2, 0.25) is 5.88 Å². The molecule has 7 nitrogen and oxygen atoms in total. The van der Waals surface area contributed by atoms with Crippen LogP contribution >= 0.6 is 0 Å². The second kappa shape index (κ2) is 5.76. The Bertz CT molecular complexity index is 739. The molecule has 21 heavy (non-hydrogen) atoms. The first-order valence-corrected chi connectivity index (χ1v) is 6.51. The summed E-state index contributed by atoms with van der Waals surface area (Å²) in [5, 5.41) is 16.2. The molecule has 0 fully saturated rings. The highest BCUT2D eigenvalue weighted by molar-refractivity contribution is 5.77. The van der Waals surface area contributed by atoms with Gasteiger partial charge in [-0.05, 0) is 12.1 Å². The minimum atomic E-state index is 0.0569. The summed E-state index contributed by atoms with van der Waals surface area (Å²) in [5.41, 5.74) is 2.53. The molecule has 3 aromatic heterocycles. The van der Waals surface area contributed by atoms with E-state index < -0.39 is 0 Å². The number of hydrogen-bond acceptors (Lipinski definition) is 6. The zero-order valence-electron chi connectivity index (χ0n) is 11.5. The first-order chi connectivity index (χ1) is 10.3. The Kier molecular flexibility index (Phi) is 3.65. The van der Waals surface area contributed by atoms with Crippen LogP contribution in [0.25, 0.3) is 16.8 Å². The number of anilines is 1. The predicted molar refractivity (Wildman–Crippen MR) is 78.3 cm³/mol. The molecule has 0 radical (unpaired) electrons. The molecule has 3 heterocycles. The van der Waals surface area contributed by atoms with Gasteiger partial charge in [0, 0.05) is 36.1 Å². The average molecular weight is 285 g/mol. The van der Waals surface area contributed by atoms with Crippen LogP contribution in [0.3, 0.4) is 0 Å². The van der Waals surface area contributed by atoms with Gasteiger partial charge in [-0.1, -0.05) is 0 Å². The summed E-state index contributed by atoms with van der Waals surface area (Å²) in [4.78, 5) is 8.71. The van der Waals surface area contributed by atoms with Crippen molar-refractivity contribution in [2.24, 2.45) is 0 Å². The largest absolute Gasteiger partial charge is 0.481 e. The summed E-state index contributed by atoms with van der Waals surface area (Å²) in [5.74, 6) is 1.26. The van der Waals surface area contributed by atoms with E-state index in [2.05, 4.69) is 20.4 Å². The van der Waals surface area contributed by atoms with E-state index in [1.54, 1.807) is 30.1 Å². The Labute approximate surface area is 121 Å². The van der Waals surface area contributed by atoms with Gasteiger partial charge in [0.1, 0.15) is 5.82 Å². The summed E-state index contributed by atoms with van der Waals surface area (Å²) in [6, 6.07) is 5.52. The Morgan fingerprint density at radius 3 is 2.90 bits per heavy atom. The molecule has 0 aliphatic carbocycles. The molecule has 108 valence electrons. The summed E-state index contributed by atoms with van der Waals surface area (Å²) in [7, 11) is 1.58. The van der Waals surface area contributed by atoms with Crippen molar-refractivity contribution >= 4 is 11.5 Å². The minimum absolute atomic E-state index is 0.0569. The fourth-order valence-electron chi connectivity index (χ4n) is 2.02. The fraction of sp³-hybridized carbons (Fsp3) is 0.214. The lowest BCUT2D eigenvalue weighted by Gasteiger charge is -2.05. The molecule has 0 saturated heterocycles. The molecule has 0 unspecified atom stereocenters. The molecule has 0 spiro atoms. The highest BCUT2D eigenvalue weighted by atomic mass is 16.5. The number of aromatic nitrogens is 4. The van der Waals surface area contributed by atoms with Crippen LogP contribution in [0.2, 0.25) is 0 Å². The molecular weight excluding hydrogens is 270 g/mol. The van der Waals surface area contributed by atoms with Crippen molar-refractivity contribution in [1.29, 1.82) is 0 Å². The monoisotopic (exact) mass is 285 g/mol. The van der Waals surface area contributed by atoms with E-state index in [0.717, 1.165) is 16.8 Å². The average Bonchev–Trinajstić information content (AvgIpc) is 2.96. The third kappa shape index (κ3) is 2.63. The normalized spacial score (nSPS) is 10.8. The second-order valence-corrected chi connectivity index (χ2v) is 4.38. The van der Waals surface area contributed by atoms with Gasteiger partial charge in [-0.2, -0.15) is 5.10 Å². The first-order valence-electron chi connectivity index (χ1n) is 6.51. The molecular formula is C14H15N5O2. The zero-order chi connectivity index (χ0) is 14.7. The predicted octanol–water partition coefficient (Wildman–Crippen LogP) is 1.20. The van der Waals surface area contributed by atoms with E-state index in [1.165, 1.54) is 0 Å². The van der Waals surface area contributed by atoms with Gasteiger partial charge in [0.05, 0.1) is 19.9 Å². The number of ether oxygens (including phenoxy) is 1. The smallest absolute Gasteiger partial charge is 0.212 e. The number of aliphatic hydroxyl groups is 1. The van der Waals surface area contributed by atoms with Crippen LogP contribution < -0.4 is 10.1 Å². The minimum Gasteiger partial charge on any atom is -0.481 e. The van der Waals surface area contributed by atoms with Crippen LogP contribution in [0.4, 0.5) is 5.82 Å². The highest BCUT2D eigenvalue weighted by Gasteiger charge is 2.09. The zero-order valence-corrected chi connectivity index (χ0v) is 11.5. The topological polar surface area (TPSA) is 84.6 Å². The number of aliphatic hydroxyl groups excluding tert-OH is 1. The van der Waals surface area contributed by atoms with Gasteiger partial charge in [0.25, 0.3) is 0 Å². The standard InChI is InChI=1S/C14H15N5O2/c1-21-13-3-2-10(8-16-13)11-9-17-19-6-4-12(15-5-7-20)18-14(11)19/h2-4,6,8-9,20H,5,7H2,1H3,(H,15,18). The van der Waals surface area contributed by atoms with E-state index in [-0.39, 0.29) is 6.61 Å². The van der Waals surface area contributed by atoms with Gasteiger partial charge in [-0.3, -0.25) is 0 Å². The van der Waals surface area contributed by atoms with Crippen LogP contribution in [0.1, 0.15) is 0 Å². The maximum atomic E-state index is 8.85. The van der Waals surface area contributed by atoms with Crippen molar-refractivity contribution < 1.29 is 9.84 Å². The molecule has 0 aliphatic heterocycles. The second-order valence-electron chi connectivity index (χ2n) is 4.38. The Balaban J connectivity index is 2.00. The van der Waals surface area contributed by atoms with Crippen molar-refractivity contribution in [3.8, 4) is 17.0 Å².